The van der Waals surface area contributed by atoms with Gasteiger partial charge in [0.15, 0.2) is 0 Å². The highest BCUT2D eigenvalue weighted by Gasteiger charge is 2.20. The number of piperidine rings is 1. The van der Waals surface area contributed by atoms with Crippen molar-refractivity contribution in [2.75, 3.05) is 13.1 Å². The van der Waals surface area contributed by atoms with E-state index in [1.807, 2.05) is 30.6 Å². The fraction of sp³-hybridized carbons (Fsp3) is 0.429. The average Bonchev–Trinajstić information content (AvgIpc) is 2.90. The number of halogens is 1. The Morgan fingerprint density at radius 3 is 2.89 bits per heavy atom. The second-order valence-corrected chi connectivity index (χ2v) is 5.42. The molecule has 1 fully saturated rings. The summed E-state index contributed by atoms with van der Waals surface area (Å²) in [5.41, 5.74) is 1.22. The van der Waals surface area contributed by atoms with Crippen molar-refractivity contribution >= 4 is 11.6 Å². The van der Waals surface area contributed by atoms with Crippen LogP contribution < -0.4 is 5.32 Å². The minimum absolute atomic E-state index is 0.476. The number of hydrogen-bond donors (Lipinski definition) is 1. The van der Waals surface area contributed by atoms with Crippen LogP contribution in [0.25, 0.3) is 0 Å². The van der Waals surface area contributed by atoms with Crippen molar-refractivity contribution < 1.29 is 0 Å². The summed E-state index contributed by atoms with van der Waals surface area (Å²) >= 11 is 5.91. The lowest BCUT2D eigenvalue weighted by atomic mass is 9.99. The zero-order valence-corrected chi connectivity index (χ0v) is 11.5. The maximum Gasteiger partial charge on any atom is 0.137 e. The Bertz CT molecular complexity index is 529. The van der Waals surface area contributed by atoms with Crippen LogP contribution in [0.3, 0.4) is 0 Å². The number of nitrogens with one attached hydrogen (secondary N) is 1. The molecule has 0 bridgehead atoms. The summed E-state index contributed by atoms with van der Waals surface area (Å²) in [6.07, 6.45) is 4.21. The fourth-order valence-electron chi connectivity index (χ4n) is 2.56. The molecular weight excluding hydrogens is 260 g/mol. The fourth-order valence-corrected chi connectivity index (χ4v) is 2.69. The monoisotopic (exact) mass is 276 g/mol. The Balaban J connectivity index is 1.77. The normalized spacial score (nSPS) is 19.5. The van der Waals surface area contributed by atoms with Crippen molar-refractivity contribution in [3.8, 4) is 0 Å². The third kappa shape index (κ3) is 2.96. The quantitative estimate of drug-likeness (QED) is 0.936. The van der Waals surface area contributed by atoms with E-state index in [-0.39, 0.29) is 0 Å². The topological polar surface area (TPSA) is 42.7 Å². The van der Waals surface area contributed by atoms with Gasteiger partial charge in [-0.05, 0) is 37.1 Å². The van der Waals surface area contributed by atoms with Gasteiger partial charge in [-0.25, -0.2) is 0 Å². The van der Waals surface area contributed by atoms with Gasteiger partial charge >= 0.3 is 0 Å². The minimum atomic E-state index is 0.476. The van der Waals surface area contributed by atoms with E-state index < -0.39 is 0 Å². The molecule has 2 heterocycles. The second-order valence-electron chi connectivity index (χ2n) is 4.99. The van der Waals surface area contributed by atoms with Crippen molar-refractivity contribution in [2.45, 2.75) is 25.3 Å². The van der Waals surface area contributed by atoms with Gasteiger partial charge in [0.25, 0.3) is 0 Å². The summed E-state index contributed by atoms with van der Waals surface area (Å²) in [5.74, 6) is 1.56. The maximum atomic E-state index is 5.91. The zero-order chi connectivity index (χ0) is 13.1. The number of nitrogens with zero attached hydrogens (tertiary/aromatic N) is 3. The van der Waals surface area contributed by atoms with Crippen LogP contribution in [0.1, 0.15) is 30.1 Å². The lowest BCUT2D eigenvalue weighted by Gasteiger charge is -2.22. The molecule has 0 amide bonds. The summed E-state index contributed by atoms with van der Waals surface area (Å²) in [7, 11) is 0. The molecule has 1 unspecified atom stereocenters. The molecule has 1 aliphatic heterocycles. The Labute approximate surface area is 117 Å². The summed E-state index contributed by atoms with van der Waals surface area (Å²) in [6.45, 7) is 2.91. The first-order chi connectivity index (χ1) is 9.33. The summed E-state index contributed by atoms with van der Waals surface area (Å²) in [4.78, 5) is 0. The van der Waals surface area contributed by atoms with Crippen LogP contribution >= 0.6 is 11.6 Å². The highest BCUT2D eigenvalue weighted by Crippen LogP contribution is 2.22. The molecule has 1 aromatic heterocycles. The van der Waals surface area contributed by atoms with Gasteiger partial charge < -0.3 is 9.88 Å². The second kappa shape index (κ2) is 5.72. The van der Waals surface area contributed by atoms with E-state index >= 15 is 0 Å². The van der Waals surface area contributed by atoms with Gasteiger partial charge in [0, 0.05) is 17.5 Å². The zero-order valence-electron chi connectivity index (χ0n) is 10.7. The van der Waals surface area contributed by atoms with Crippen molar-refractivity contribution in [1.82, 2.24) is 20.1 Å². The third-order valence-corrected chi connectivity index (χ3v) is 3.83. The van der Waals surface area contributed by atoms with Gasteiger partial charge in [-0.15, -0.1) is 10.2 Å². The molecule has 100 valence electrons. The van der Waals surface area contributed by atoms with Gasteiger partial charge in [0.1, 0.15) is 12.2 Å². The third-order valence-electron chi connectivity index (χ3n) is 3.57. The maximum absolute atomic E-state index is 5.91. The van der Waals surface area contributed by atoms with Crippen LogP contribution in [0.4, 0.5) is 0 Å². The smallest absolute Gasteiger partial charge is 0.137 e. The van der Waals surface area contributed by atoms with E-state index in [0.29, 0.717) is 5.92 Å². The highest BCUT2D eigenvalue weighted by atomic mass is 35.5. The van der Waals surface area contributed by atoms with E-state index in [9.17, 15) is 0 Å². The summed E-state index contributed by atoms with van der Waals surface area (Å²) < 4.78 is 2.14. The Kier molecular flexibility index (Phi) is 3.80. The standard InChI is InChI=1S/C14H17ClN4/c15-13-5-3-11(4-6-13)9-19-10-17-18-14(19)12-2-1-7-16-8-12/h3-6,10,12,16H,1-2,7-9H2. The number of hydrogen-bond acceptors (Lipinski definition) is 3. The number of benzene rings is 1. The predicted octanol–water partition coefficient (Wildman–Crippen LogP) is 2.45. The first-order valence-electron chi connectivity index (χ1n) is 6.66. The van der Waals surface area contributed by atoms with E-state index in [1.165, 1.54) is 18.4 Å². The van der Waals surface area contributed by atoms with Gasteiger partial charge in [-0.1, -0.05) is 23.7 Å². The van der Waals surface area contributed by atoms with Crippen molar-refractivity contribution in [2.24, 2.45) is 0 Å². The SMILES string of the molecule is Clc1ccc(Cn2cnnc2C2CCCNC2)cc1. The first kappa shape index (κ1) is 12.6. The largest absolute Gasteiger partial charge is 0.316 e. The van der Waals surface area contributed by atoms with E-state index in [0.717, 1.165) is 30.5 Å². The molecule has 2 aromatic rings. The average molecular weight is 277 g/mol. The van der Waals surface area contributed by atoms with Crippen LogP contribution in [0.15, 0.2) is 30.6 Å². The van der Waals surface area contributed by atoms with Crippen LogP contribution in [0.5, 0.6) is 0 Å². The molecule has 19 heavy (non-hydrogen) atoms. The van der Waals surface area contributed by atoms with E-state index in [2.05, 4.69) is 20.1 Å². The Morgan fingerprint density at radius 1 is 1.32 bits per heavy atom. The number of rotatable bonds is 3. The molecule has 1 aromatic carbocycles. The molecule has 4 nitrogen and oxygen atoms in total. The molecule has 3 rings (SSSR count). The summed E-state index contributed by atoms with van der Waals surface area (Å²) in [5, 5.41) is 12.6. The lowest BCUT2D eigenvalue weighted by Crippen LogP contribution is -2.30. The molecule has 1 atom stereocenters. The Hall–Kier alpha value is -1.39. The van der Waals surface area contributed by atoms with Crippen molar-refractivity contribution in [3.05, 3.63) is 47.0 Å². The molecule has 0 aliphatic carbocycles. The van der Waals surface area contributed by atoms with Crippen LogP contribution in [-0.4, -0.2) is 27.9 Å². The van der Waals surface area contributed by atoms with Crippen LogP contribution in [0, 0.1) is 0 Å². The molecule has 0 saturated carbocycles. The molecule has 5 heteroatoms. The Morgan fingerprint density at radius 2 is 2.16 bits per heavy atom. The number of aromatic nitrogens is 3. The highest BCUT2D eigenvalue weighted by molar-refractivity contribution is 6.30. The van der Waals surface area contributed by atoms with Crippen molar-refractivity contribution in [3.63, 3.8) is 0 Å². The molecule has 0 spiro atoms. The van der Waals surface area contributed by atoms with Gasteiger partial charge in [0.2, 0.25) is 0 Å². The first-order valence-corrected chi connectivity index (χ1v) is 7.03. The van der Waals surface area contributed by atoms with Crippen LogP contribution in [0.2, 0.25) is 5.02 Å². The van der Waals surface area contributed by atoms with E-state index in [4.69, 9.17) is 11.6 Å². The summed E-state index contributed by atoms with van der Waals surface area (Å²) in [6, 6.07) is 7.93. The molecule has 1 saturated heterocycles. The van der Waals surface area contributed by atoms with Crippen molar-refractivity contribution in [1.29, 1.82) is 0 Å². The van der Waals surface area contributed by atoms with Gasteiger partial charge in [-0.2, -0.15) is 0 Å². The van der Waals surface area contributed by atoms with Gasteiger partial charge in [0.05, 0.1) is 6.54 Å². The predicted molar refractivity (Wildman–Crippen MR) is 75.4 cm³/mol. The minimum Gasteiger partial charge on any atom is -0.316 e. The molecular formula is C14H17ClN4. The van der Waals surface area contributed by atoms with E-state index in [1.54, 1.807) is 0 Å². The lowest BCUT2D eigenvalue weighted by molar-refractivity contribution is 0.435. The molecule has 0 radical (unpaired) electrons. The molecule has 1 aliphatic rings. The van der Waals surface area contributed by atoms with Crippen LogP contribution in [-0.2, 0) is 6.54 Å². The van der Waals surface area contributed by atoms with Gasteiger partial charge in [-0.3, -0.25) is 0 Å². The molecule has 1 N–H and O–H groups in total.